The number of carbonyl (C=O) groups is 1. The SMILES string of the molecule is COc1cc(-c2nnc(SCC(=O)N/N=C/c3ccc(C)cc3)n2-c2ccccc2)cc(OC)c1OC. The smallest absolute Gasteiger partial charge is 0.250 e. The summed E-state index contributed by atoms with van der Waals surface area (Å²) in [5, 5.41) is 13.4. The molecular formula is C27H27N5O4S. The first-order chi connectivity index (χ1) is 18.0. The van der Waals surface area contributed by atoms with E-state index in [1.54, 1.807) is 27.5 Å². The second-order valence-electron chi connectivity index (χ2n) is 7.88. The number of para-hydroxylation sites is 1. The third-order valence-electron chi connectivity index (χ3n) is 5.38. The number of ether oxygens (including phenoxy) is 3. The second kappa shape index (κ2) is 12.1. The predicted octanol–water partition coefficient (Wildman–Crippen LogP) is 4.51. The van der Waals surface area contributed by atoms with Crippen molar-refractivity contribution in [2.45, 2.75) is 12.1 Å². The molecule has 1 N–H and O–H groups in total. The van der Waals surface area contributed by atoms with Crippen molar-refractivity contribution in [3.05, 3.63) is 77.9 Å². The van der Waals surface area contributed by atoms with Crippen molar-refractivity contribution in [1.29, 1.82) is 0 Å². The molecule has 4 rings (SSSR count). The van der Waals surface area contributed by atoms with Crippen LogP contribution in [0.25, 0.3) is 17.1 Å². The lowest BCUT2D eigenvalue weighted by Crippen LogP contribution is -2.20. The fourth-order valence-electron chi connectivity index (χ4n) is 3.56. The van der Waals surface area contributed by atoms with E-state index in [9.17, 15) is 4.79 Å². The second-order valence-corrected chi connectivity index (χ2v) is 8.83. The molecule has 1 heterocycles. The quantitative estimate of drug-likeness (QED) is 0.188. The molecule has 0 atom stereocenters. The standard InChI is InChI=1S/C27H27N5O4S/c1-18-10-12-19(13-11-18)16-28-29-24(33)17-37-27-31-30-26(32(27)21-8-6-5-7-9-21)20-14-22(34-2)25(36-4)23(15-20)35-3/h5-16H,17H2,1-4H3,(H,29,33)/b28-16+. The molecule has 1 aromatic heterocycles. The van der Waals surface area contributed by atoms with Gasteiger partial charge in [0, 0.05) is 11.3 Å². The molecule has 190 valence electrons. The average molecular weight is 518 g/mol. The van der Waals surface area contributed by atoms with Gasteiger partial charge in [0.25, 0.3) is 5.91 Å². The third kappa shape index (κ3) is 6.10. The predicted molar refractivity (Wildman–Crippen MR) is 144 cm³/mol. The molecule has 0 saturated heterocycles. The van der Waals surface area contributed by atoms with Crippen LogP contribution in [0.5, 0.6) is 17.2 Å². The zero-order valence-corrected chi connectivity index (χ0v) is 21.8. The van der Waals surface area contributed by atoms with Crippen molar-refractivity contribution < 1.29 is 19.0 Å². The lowest BCUT2D eigenvalue weighted by molar-refractivity contribution is -0.118. The van der Waals surface area contributed by atoms with E-state index in [1.807, 2.05) is 78.2 Å². The van der Waals surface area contributed by atoms with Crippen LogP contribution in [0.3, 0.4) is 0 Å². The highest BCUT2D eigenvalue weighted by Gasteiger charge is 2.21. The number of aryl methyl sites for hydroxylation is 1. The van der Waals surface area contributed by atoms with Gasteiger partial charge in [0.2, 0.25) is 5.75 Å². The van der Waals surface area contributed by atoms with Crippen LogP contribution in [0.1, 0.15) is 11.1 Å². The first-order valence-corrected chi connectivity index (χ1v) is 12.3. The Bertz CT molecular complexity index is 1360. The number of hydrogen-bond acceptors (Lipinski definition) is 8. The normalized spacial score (nSPS) is 10.9. The maximum atomic E-state index is 12.5. The molecule has 9 nitrogen and oxygen atoms in total. The number of nitrogens with one attached hydrogen (secondary N) is 1. The van der Waals surface area contributed by atoms with Gasteiger partial charge in [-0.15, -0.1) is 10.2 Å². The largest absolute Gasteiger partial charge is 0.493 e. The molecule has 10 heteroatoms. The maximum absolute atomic E-state index is 12.5. The summed E-state index contributed by atoms with van der Waals surface area (Å²) in [6, 6.07) is 21.1. The van der Waals surface area contributed by atoms with Crippen LogP contribution in [0, 0.1) is 6.92 Å². The van der Waals surface area contributed by atoms with Crippen molar-refractivity contribution >= 4 is 23.9 Å². The summed E-state index contributed by atoms with van der Waals surface area (Å²) >= 11 is 1.26. The van der Waals surface area contributed by atoms with Gasteiger partial charge in [-0.2, -0.15) is 5.10 Å². The number of aromatic nitrogens is 3. The average Bonchev–Trinajstić information content (AvgIpc) is 3.36. The number of hydrazone groups is 1. The molecule has 4 aromatic rings. The van der Waals surface area contributed by atoms with E-state index in [4.69, 9.17) is 14.2 Å². The number of benzene rings is 3. The highest BCUT2D eigenvalue weighted by atomic mass is 32.2. The van der Waals surface area contributed by atoms with Crippen LogP contribution < -0.4 is 19.6 Å². The van der Waals surface area contributed by atoms with Gasteiger partial charge in [0.05, 0.1) is 33.3 Å². The number of methoxy groups -OCH3 is 3. The number of amides is 1. The first-order valence-electron chi connectivity index (χ1n) is 11.4. The number of rotatable bonds is 10. The zero-order chi connectivity index (χ0) is 26.2. The summed E-state index contributed by atoms with van der Waals surface area (Å²) in [7, 11) is 4.67. The van der Waals surface area contributed by atoms with E-state index in [1.165, 1.54) is 11.8 Å². The summed E-state index contributed by atoms with van der Waals surface area (Å²) in [5.41, 5.74) is 6.18. The summed E-state index contributed by atoms with van der Waals surface area (Å²) in [6.07, 6.45) is 1.61. The van der Waals surface area contributed by atoms with Crippen molar-refractivity contribution in [2.75, 3.05) is 27.1 Å². The van der Waals surface area contributed by atoms with Crippen LogP contribution >= 0.6 is 11.8 Å². The Kier molecular flexibility index (Phi) is 8.42. The topological polar surface area (TPSA) is 99.9 Å². The Morgan fingerprint density at radius 3 is 2.27 bits per heavy atom. The van der Waals surface area contributed by atoms with Crippen LogP contribution in [-0.2, 0) is 4.79 Å². The van der Waals surface area contributed by atoms with Gasteiger partial charge >= 0.3 is 0 Å². The Balaban J connectivity index is 1.59. The highest BCUT2D eigenvalue weighted by molar-refractivity contribution is 7.99. The lowest BCUT2D eigenvalue weighted by atomic mass is 10.1. The van der Waals surface area contributed by atoms with Gasteiger partial charge < -0.3 is 14.2 Å². The van der Waals surface area contributed by atoms with Crippen molar-refractivity contribution in [2.24, 2.45) is 5.10 Å². The van der Waals surface area contributed by atoms with E-state index < -0.39 is 0 Å². The Labute approximate surface area is 219 Å². The van der Waals surface area contributed by atoms with Crippen molar-refractivity contribution in [3.8, 4) is 34.3 Å². The summed E-state index contributed by atoms with van der Waals surface area (Å²) in [4.78, 5) is 12.5. The maximum Gasteiger partial charge on any atom is 0.250 e. The van der Waals surface area contributed by atoms with E-state index in [-0.39, 0.29) is 11.7 Å². The Hall–Kier alpha value is -4.31. The van der Waals surface area contributed by atoms with Crippen LogP contribution in [0.2, 0.25) is 0 Å². The van der Waals surface area contributed by atoms with E-state index in [2.05, 4.69) is 20.7 Å². The van der Waals surface area contributed by atoms with Crippen LogP contribution in [0.15, 0.2) is 77.0 Å². The summed E-state index contributed by atoms with van der Waals surface area (Å²) in [6.45, 7) is 2.02. The monoisotopic (exact) mass is 517 g/mol. The van der Waals surface area contributed by atoms with Gasteiger partial charge in [-0.25, -0.2) is 5.43 Å². The number of nitrogens with zero attached hydrogens (tertiary/aromatic N) is 4. The van der Waals surface area contributed by atoms with E-state index in [0.29, 0.717) is 33.8 Å². The molecule has 0 saturated carbocycles. The summed E-state index contributed by atoms with van der Waals surface area (Å²) < 4.78 is 18.4. The van der Waals surface area contributed by atoms with Gasteiger partial charge in [-0.1, -0.05) is 59.8 Å². The molecule has 0 aliphatic heterocycles. The molecule has 37 heavy (non-hydrogen) atoms. The first kappa shape index (κ1) is 25.8. The fraction of sp³-hybridized carbons (Fsp3) is 0.185. The van der Waals surface area contributed by atoms with Gasteiger partial charge in [-0.3, -0.25) is 9.36 Å². The van der Waals surface area contributed by atoms with Crippen molar-refractivity contribution in [3.63, 3.8) is 0 Å². The molecule has 0 radical (unpaired) electrons. The fourth-order valence-corrected chi connectivity index (χ4v) is 4.31. The Morgan fingerprint density at radius 2 is 1.65 bits per heavy atom. The van der Waals surface area contributed by atoms with Crippen LogP contribution in [0.4, 0.5) is 0 Å². The van der Waals surface area contributed by atoms with Crippen LogP contribution in [-0.4, -0.2) is 54.0 Å². The molecule has 0 aliphatic carbocycles. The van der Waals surface area contributed by atoms with Crippen molar-refractivity contribution in [1.82, 2.24) is 20.2 Å². The Morgan fingerprint density at radius 1 is 0.973 bits per heavy atom. The number of thioether (sulfide) groups is 1. The van der Waals surface area contributed by atoms with Gasteiger partial charge in [0.15, 0.2) is 22.5 Å². The molecule has 0 unspecified atom stereocenters. The lowest BCUT2D eigenvalue weighted by Gasteiger charge is -2.15. The highest BCUT2D eigenvalue weighted by Crippen LogP contribution is 2.41. The summed E-state index contributed by atoms with van der Waals surface area (Å²) in [5.74, 6) is 1.89. The minimum absolute atomic E-state index is 0.103. The van der Waals surface area contributed by atoms with Gasteiger partial charge in [0.1, 0.15) is 0 Å². The molecule has 1 amide bonds. The third-order valence-corrected chi connectivity index (χ3v) is 6.31. The van der Waals surface area contributed by atoms with E-state index >= 15 is 0 Å². The number of carbonyl (C=O) groups excluding carboxylic acids is 1. The zero-order valence-electron chi connectivity index (χ0n) is 21.0. The number of hydrogen-bond donors (Lipinski definition) is 1. The van der Waals surface area contributed by atoms with E-state index in [0.717, 1.165) is 16.8 Å². The molecular weight excluding hydrogens is 490 g/mol. The minimum Gasteiger partial charge on any atom is -0.493 e. The molecule has 0 aliphatic rings. The molecule has 0 fully saturated rings. The van der Waals surface area contributed by atoms with Gasteiger partial charge in [-0.05, 0) is 36.8 Å². The molecule has 0 spiro atoms. The minimum atomic E-state index is -0.259. The molecule has 3 aromatic carbocycles. The molecule has 0 bridgehead atoms.